The van der Waals surface area contributed by atoms with Crippen molar-refractivity contribution in [1.29, 1.82) is 0 Å². The molecule has 3 aromatic rings. The van der Waals surface area contributed by atoms with Crippen molar-refractivity contribution in [2.75, 3.05) is 4.90 Å². The molecular weight excluding hydrogens is 290 g/mol. The van der Waals surface area contributed by atoms with Crippen LogP contribution in [-0.4, -0.2) is 11.0 Å². The van der Waals surface area contributed by atoms with Crippen molar-refractivity contribution in [3.8, 4) is 11.5 Å². The average molecular weight is 305 g/mol. The number of rotatable bonds is 4. The van der Waals surface area contributed by atoms with E-state index in [0.29, 0.717) is 23.0 Å². The third kappa shape index (κ3) is 3.29. The Hall–Kier alpha value is -3.34. The molecule has 0 unspecified atom stereocenters. The Kier molecular flexibility index (Phi) is 4.20. The Labute approximate surface area is 134 Å². The number of urea groups is 1. The van der Waals surface area contributed by atoms with Crippen LogP contribution in [0.4, 0.5) is 16.3 Å². The first-order valence-corrected chi connectivity index (χ1v) is 7.08. The van der Waals surface area contributed by atoms with Gasteiger partial charge in [0.1, 0.15) is 11.6 Å². The van der Waals surface area contributed by atoms with E-state index in [-0.39, 0.29) is 0 Å². The molecule has 0 atom stereocenters. The number of para-hydroxylation sites is 3. The summed E-state index contributed by atoms with van der Waals surface area (Å²) in [6, 6.07) is 21.2. The highest BCUT2D eigenvalue weighted by Crippen LogP contribution is 2.35. The molecule has 2 N–H and O–H groups in total. The zero-order valence-corrected chi connectivity index (χ0v) is 12.3. The van der Waals surface area contributed by atoms with Crippen LogP contribution >= 0.6 is 0 Å². The molecular formula is C18H15N3O2. The Morgan fingerprint density at radius 2 is 1.61 bits per heavy atom. The molecule has 1 aromatic heterocycles. The van der Waals surface area contributed by atoms with Crippen LogP contribution < -0.4 is 15.4 Å². The molecule has 0 spiro atoms. The zero-order valence-electron chi connectivity index (χ0n) is 12.3. The number of amides is 2. The highest BCUT2D eigenvalue weighted by Gasteiger charge is 2.20. The molecule has 0 bridgehead atoms. The van der Waals surface area contributed by atoms with Crippen molar-refractivity contribution in [2.24, 2.45) is 5.73 Å². The number of benzene rings is 2. The summed E-state index contributed by atoms with van der Waals surface area (Å²) in [5, 5.41) is 0. The van der Waals surface area contributed by atoms with Gasteiger partial charge in [0.25, 0.3) is 0 Å². The van der Waals surface area contributed by atoms with Crippen LogP contribution in [-0.2, 0) is 0 Å². The second-order valence-electron chi connectivity index (χ2n) is 4.74. The minimum atomic E-state index is -0.632. The number of nitrogens with two attached hydrogens (primary N) is 1. The number of anilines is 2. The third-order valence-electron chi connectivity index (χ3n) is 3.18. The first-order valence-electron chi connectivity index (χ1n) is 7.08. The number of carbonyl (C=O) groups is 1. The molecule has 5 nitrogen and oxygen atoms in total. The van der Waals surface area contributed by atoms with Crippen LogP contribution in [0.1, 0.15) is 0 Å². The molecule has 0 aliphatic heterocycles. The molecule has 114 valence electrons. The van der Waals surface area contributed by atoms with E-state index in [1.54, 1.807) is 36.5 Å². The summed E-state index contributed by atoms with van der Waals surface area (Å²) in [6.07, 6.45) is 1.60. The van der Waals surface area contributed by atoms with Crippen molar-refractivity contribution >= 4 is 17.5 Å². The summed E-state index contributed by atoms with van der Waals surface area (Å²) in [4.78, 5) is 17.5. The van der Waals surface area contributed by atoms with E-state index in [4.69, 9.17) is 10.5 Å². The molecule has 23 heavy (non-hydrogen) atoms. The fourth-order valence-electron chi connectivity index (χ4n) is 2.18. The van der Waals surface area contributed by atoms with E-state index in [1.165, 1.54) is 4.90 Å². The lowest BCUT2D eigenvalue weighted by Crippen LogP contribution is -2.32. The number of pyridine rings is 1. The monoisotopic (exact) mass is 305 g/mol. The van der Waals surface area contributed by atoms with Gasteiger partial charge in [-0.25, -0.2) is 14.7 Å². The topological polar surface area (TPSA) is 68.5 Å². The summed E-state index contributed by atoms with van der Waals surface area (Å²) < 4.78 is 5.88. The van der Waals surface area contributed by atoms with Crippen molar-refractivity contribution in [3.05, 3.63) is 79.0 Å². The standard InChI is InChI=1S/C18H15N3O2/c19-18(22)21(17-12-6-7-13-20-17)15-10-4-5-11-16(15)23-14-8-2-1-3-9-14/h1-13H,(H2,19,22). The summed E-state index contributed by atoms with van der Waals surface area (Å²) in [7, 11) is 0. The summed E-state index contributed by atoms with van der Waals surface area (Å²) in [5.41, 5.74) is 6.08. The van der Waals surface area contributed by atoms with Crippen LogP contribution in [0.25, 0.3) is 0 Å². The van der Waals surface area contributed by atoms with Crippen molar-refractivity contribution in [2.45, 2.75) is 0 Å². The van der Waals surface area contributed by atoms with E-state index in [2.05, 4.69) is 4.98 Å². The maximum absolute atomic E-state index is 12.0. The van der Waals surface area contributed by atoms with E-state index < -0.39 is 6.03 Å². The Morgan fingerprint density at radius 3 is 2.30 bits per heavy atom. The maximum atomic E-state index is 12.0. The number of ether oxygens (including phenoxy) is 1. The minimum Gasteiger partial charge on any atom is -0.455 e. The predicted molar refractivity (Wildman–Crippen MR) is 88.9 cm³/mol. The molecule has 0 fully saturated rings. The van der Waals surface area contributed by atoms with Crippen LogP contribution in [0.15, 0.2) is 79.0 Å². The molecule has 2 aromatic carbocycles. The highest BCUT2D eigenvalue weighted by atomic mass is 16.5. The Bertz CT molecular complexity index is 792. The second kappa shape index (κ2) is 6.62. The number of nitrogens with zero attached hydrogens (tertiary/aromatic N) is 2. The lowest BCUT2D eigenvalue weighted by molar-refractivity contribution is 0.256. The van der Waals surface area contributed by atoms with E-state index in [9.17, 15) is 4.79 Å². The van der Waals surface area contributed by atoms with Gasteiger partial charge in [-0.05, 0) is 36.4 Å². The molecule has 1 heterocycles. The van der Waals surface area contributed by atoms with Gasteiger partial charge < -0.3 is 10.5 Å². The van der Waals surface area contributed by atoms with Crippen LogP contribution in [0, 0.1) is 0 Å². The van der Waals surface area contributed by atoms with Gasteiger partial charge in [-0.2, -0.15) is 0 Å². The van der Waals surface area contributed by atoms with Crippen molar-refractivity contribution in [3.63, 3.8) is 0 Å². The number of hydrogen-bond acceptors (Lipinski definition) is 3. The summed E-state index contributed by atoms with van der Waals surface area (Å²) in [6.45, 7) is 0. The molecule has 0 saturated carbocycles. The fraction of sp³-hybridized carbons (Fsp3) is 0. The fourth-order valence-corrected chi connectivity index (χ4v) is 2.18. The first-order chi connectivity index (χ1) is 11.3. The molecule has 0 radical (unpaired) electrons. The minimum absolute atomic E-state index is 0.434. The highest BCUT2D eigenvalue weighted by molar-refractivity contribution is 5.98. The molecule has 0 saturated heterocycles. The van der Waals surface area contributed by atoms with Gasteiger partial charge >= 0.3 is 6.03 Å². The Morgan fingerprint density at radius 1 is 0.913 bits per heavy atom. The molecule has 0 aliphatic carbocycles. The summed E-state index contributed by atoms with van der Waals surface area (Å²) >= 11 is 0. The lowest BCUT2D eigenvalue weighted by atomic mass is 10.2. The SMILES string of the molecule is NC(=O)N(c1ccccn1)c1ccccc1Oc1ccccc1. The van der Waals surface area contributed by atoms with Crippen LogP contribution in [0.5, 0.6) is 11.5 Å². The quantitative estimate of drug-likeness (QED) is 0.789. The van der Waals surface area contributed by atoms with Gasteiger partial charge in [0.05, 0.1) is 5.69 Å². The normalized spacial score (nSPS) is 10.1. The number of hydrogen-bond donors (Lipinski definition) is 1. The van der Waals surface area contributed by atoms with Crippen LogP contribution in [0.2, 0.25) is 0 Å². The maximum Gasteiger partial charge on any atom is 0.325 e. The van der Waals surface area contributed by atoms with Gasteiger partial charge in [-0.3, -0.25) is 0 Å². The molecule has 3 rings (SSSR count). The average Bonchev–Trinajstić information content (AvgIpc) is 2.58. The largest absolute Gasteiger partial charge is 0.455 e. The van der Waals surface area contributed by atoms with Crippen molar-refractivity contribution < 1.29 is 9.53 Å². The van der Waals surface area contributed by atoms with Gasteiger partial charge in [-0.15, -0.1) is 0 Å². The Balaban J connectivity index is 2.03. The molecule has 0 aliphatic rings. The lowest BCUT2D eigenvalue weighted by Gasteiger charge is -2.22. The van der Waals surface area contributed by atoms with E-state index in [0.717, 1.165) is 0 Å². The first kappa shape index (κ1) is 14.6. The van der Waals surface area contributed by atoms with Gasteiger partial charge in [0.15, 0.2) is 5.75 Å². The summed E-state index contributed by atoms with van der Waals surface area (Å²) in [5.74, 6) is 1.62. The number of carbonyl (C=O) groups excluding carboxylic acids is 1. The van der Waals surface area contributed by atoms with E-state index >= 15 is 0 Å². The van der Waals surface area contributed by atoms with E-state index in [1.807, 2.05) is 42.5 Å². The van der Waals surface area contributed by atoms with Crippen molar-refractivity contribution in [1.82, 2.24) is 4.98 Å². The molecule has 2 amide bonds. The smallest absolute Gasteiger partial charge is 0.325 e. The second-order valence-corrected chi connectivity index (χ2v) is 4.74. The number of primary amides is 1. The van der Waals surface area contributed by atoms with Gasteiger partial charge in [0, 0.05) is 6.20 Å². The molecule has 5 heteroatoms. The predicted octanol–water partition coefficient (Wildman–Crippen LogP) is 4.09. The van der Waals surface area contributed by atoms with Gasteiger partial charge in [-0.1, -0.05) is 36.4 Å². The zero-order chi connectivity index (χ0) is 16.1. The van der Waals surface area contributed by atoms with Gasteiger partial charge in [0.2, 0.25) is 0 Å². The number of aromatic nitrogens is 1. The third-order valence-corrected chi connectivity index (χ3v) is 3.18. The van der Waals surface area contributed by atoms with Crippen LogP contribution in [0.3, 0.4) is 0 Å².